The number of likely N-dealkylation sites (tertiary alicyclic amines) is 1. The Kier molecular flexibility index (Phi) is 6.46. The lowest BCUT2D eigenvalue weighted by Crippen LogP contribution is -2.39. The summed E-state index contributed by atoms with van der Waals surface area (Å²) in [5.74, 6) is -0.931. The SMILES string of the molecule is CCOC(=O)c1c(S(=O)(=O)NCC(=O)N2CCCC2)c(C)n(CC)c1C. The van der Waals surface area contributed by atoms with E-state index in [0.717, 1.165) is 12.8 Å². The molecule has 9 heteroatoms. The van der Waals surface area contributed by atoms with Crippen LogP contribution in [0.4, 0.5) is 0 Å². The van der Waals surface area contributed by atoms with E-state index in [-0.39, 0.29) is 29.5 Å². The lowest BCUT2D eigenvalue weighted by atomic mass is 10.2. The zero-order chi connectivity index (χ0) is 19.5. The first-order valence-electron chi connectivity index (χ1n) is 8.88. The summed E-state index contributed by atoms with van der Waals surface area (Å²) in [4.78, 5) is 26.1. The van der Waals surface area contributed by atoms with Gasteiger partial charge in [-0.2, -0.15) is 0 Å². The molecule has 0 aliphatic carbocycles. The van der Waals surface area contributed by atoms with Crippen LogP contribution >= 0.6 is 0 Å². The Morgan fingerprint density at radius 1 is 1.12 bits per heavy atom. The first kappa shape index (κ1) is 20.4. The fourth-order valence-electron chi connectivity index (χ4n) is 3.41. The van der Waals surface area contributed by atoms with Crippen molar-refractivity contribution >= 4 is 21.9 Å². The van der Waals surface area contributed by atoms with Gasteiger partial charge in [0, 0.05) is 31.0 Å². The minimum absolute atomic E-state index is 0.0346. The molecule has 2 rings (SSSR count). The number of nitrogens with one attached hydrogen (secondary N) is 1. The molecule has 0 unspecified atom stereocenters. The molecule has 1 saturated heterocycles. The molecule has 26 heavy (non-hydrogen) atoms. The van der Waals surface area contributed by atoms with E-state index in [1.165, 1.54) is 0 Å². The molecule has 1 aromatic heterocycles. The summed E-state index contributed by atoms with van der Waals surface area (Å²) >= 11 is 0. The topological polar surface area (TPSA) is 97.7 Å². The van der Waals surface area contributed by atoms with E-state index in [1.54, 1.807) is 30.2 Å². The maximum absolute atomic E-state index is 12.9. The van der Waals surface area contributed by atoms with E-state index < -0.39 is 16.0 Å². The van der Waals surface area contributed by atoms with Crippen LogP contribution < -0.4 is 4.72 Å². The number of hydrogen-bond acceptors (Lipinski definition) is 5. The van der Waals surface area contributed by atoms with Gasteiger partial charge in [-0.25, -0.2) is 17.9 Å². The quantitative estimate of drug-likeness (QED) is 0.711. The molecular weight excluding hydrogens is 358 g/mol. The van der Waals surface area contributed by atoms with Gasteiger partial charge in [0.15, 0.2) is 0 Å². The highest BCUT2D eigenvalue weighted by atomic mass is 32.2. The van der Waals surface area contributed by atoms with Crippen LogP contribution in [0.25, 0.3) is 0 Å². The van der Waals surface area contributed by atoms with Gasteiger partial charge in [-0.3, -0.25) is 4.79 Å². The Hall–Kier alpha value is -1.87. The summed E-state index contributed by atoms with van der Waals surface area (Å²) in [6.07, 6.45) is 1.87. The van der Waals surface area contributed by atoms with Gasteiger partial charge in [0.25, 0.3) is 0 Å². The molecule has 0 aromatic carbocycles. The molecule has 1 aliphatic rings. The minimum Gasteiger partial charge on any atom is -0.462 e. The fraction of sp³-hybridized carbons (Fsp3) is 0.647. The van der Waals surface area contributed by atoms with Gasteiger partial charge in [-0.1, -0.05) is 0 Å². The number of esters is 1. The number of carbonyl (C=O) groups is 2. The average molecular weight is 385 g/mol. The maximum Gasteiger partial charge on any atom is 0.341 e. The second-order valence-corrected chi connectivity index (χ2v) is 7.96. The molecule has 0 atom stereocenters. The van der Waals surface area contributed by atoms with Crippen LogP contribution in [0, 0.1) is 13.8 Å². The normalized spacial score (nSPS) is 14.7. The van der Waals surface area contributed by atoms with Gasteiger partial charge >= 0.3 is 5.97 Å². The van der Waals surface area contributed by atoms with E-state index >= 15 is 0 Å². The molecule has 1 fully saturated rings. The third kappa shape index (κ3) is 3.93. The van der Waals surface area contributed by atoms with Crippen LogP contribution in [0.15, 0.2) is 4.90 Å². The number of ether oxygens (including phenoxy) is 1. The van der Waals surface area contributed by atoms with Crippen molar-refractivity contribution < 1.29 is 22.7 Å². The Bertz CT molecular complexity index is 792. The summed E-state index contributed by atoms with van der Waals surface area (Å²) in [6, 6.07) is 0. The van der Waals surface area contributed by atoms with Crippen molar-refractivity contribution in [3.8, 4) is 0 Å². The second kappa shape index (κ2) is 8.22. The molecule has 0 spiro atoms. The summed E-state index contributed by atoms with van der Waals surface area (Å²) in [7, 11) is -4.04. The fourth-order valence-corrected chi connectivity index (χ4v) is 4.87. The van der Waals surface area contributed by atoms with Crippen molar-refractivity contribution in [3.05, 3.63) is 17.0 Å². The van der Waals surface area contributed by atoms with Crippen LogP contribution in [0.2, 0.25) is 0 Å². The van der Waals surface area contributed by atoms with Crippen molar-refractivity contribution in [2.45, 2.75) is 52.0 Å². The van der Waals surface area contributed by atoms with Gasteiger partial charge in [0.1, 0.15) is 10.5 Å². The van der Waals surface area contributed by atoms with Crippen LogP contribution in [0.1, 0.15) is 48.4 Å². The summed E-state index contributed by atoms with van der Waals surface area (Å²) < 4.78 is 34.9. The number of aromatic nitrogens is 1. The highest BCUT2D eigenvalue weighted by molar-refractivity contribution is 7.89. The van der Waals surface area contributed by atoms with Crippen LogP contribution in [0.3, 0.4) is 0 Å². The van der Waals surface area contributed by atoms with E-state index in [9.17, 15) is 18.0 Å². The molecule has 1 amide bonds. The summed E-state index contributed by atoms with van der Waals surface area (Å²) in [5, 5.41) is 0. The Labute approximate surface area is 154 Å². The van der Waals surface area contributed by atoms with Crippen LogP contribution in [0.5, 0.6) is 0 Å². The lowest BCUT2D eigenvalue weighted by Gasteiger charge is -2.16. The van der Waals surface area contributed by atoms with Gasteiger partial charge in [-0.05, 0) is 40.5 Å². The molecule has 8 nitrogen and oxygen atoms in total. The predicted octanol–water partition coefficient (Wildman–Crippen LogP) is 1.20. The lowest BCUT2D eigenvalue weighted by molar-refractivity contribution is -0.128. The average Bonchev–Trinajstić information content (AvgIpc) is 3.19. The molecule has 1 N–H and O–H groups in total. The minimum atomic E-state index is -4.04. The van der Waals surface area contributed by atoms with Gasteiger partial charge < -0.3 is 14.2 Å². The molecular formula is C17H27N3O5S. The molecule has 146 valence electrons. The van der Waals surface area contributed by atoms with Crippen molar-refractivity contribution in [2.24, 2.45) is 0 Å². The first-order valence-corrected chi connectivity index (χ1v) is 10.4. The Morgan fingerprint density at radius 2 is 1.73 bits per heavy atom. The number of sulfonamides is 1. The standard InChI is InChI=1S/C17H27N3O5S/c1-5-20-12(3)15(17(22)25-6-2)16(13(20)4)26(23,24)18-11-14(21)19-9-7-8-10-19/h18H,5-11H2,1-4H3. The molecule has 0 saturated carbocycles. The number of rotatable bonds is 7. The van der Waals surface area contributed by atoms with E-state index in [4.69, 9.17) is 4.74 Å². The zero-order valence-electron chi connectivity index (χ0n) is 15.8. The van der Waals surface area contributed by atoms with Gasteiger partial charge in [0.05, 0.1) is 13.2 Å². The third-order valence-electron chi connectivity index (χ3n) is 4.66. The van der Waals surface area contributed by atoms with E-state index in [0.29, 0.717) is 31.0 Å². The van der Waals surface area contributed by atoms with Crippen LogP contribution in [-0.4, -0.2) is 56.0 Å². The zero-order valence-corrected chi connectivity index (χ0v) is 16.6. The van der Waals surface area contributed by atoms with E-state index in [2.05, 4.69) is 4.72 Å². The molecule has 2 heterocycles. The van der Waals surface area contributed by atoms with Crippen molar-refractivity contribution in [1.29, 1.82) is 0 Å². The monoisotopic (exact) mass is 385 g/mol. The Morgan fingerprint density at radius 3 is 2.27 bits per heavy atom. The Balaban J connectivity index is 2.35. The van der Waals surface area contributed by atoms with E-state index in [1.807, 2.05) is 6.92 Å². The second-order valence-electron chi connectivity index (χ2n) is 6.25. The third-order valence-corrected chi connectivity index (χ3v) is 6.23. The number of hydrogen-bond donors (Lipinski definition) is 1. The number of nitrogens with zero attached hydrogens (tertiary/aromatic N) is 2. The predicted molar refractivity (Wildman–Crippen MR) is 96.5 cm³/mol. The highest BCUT2D eigenvalue weighted by Crippen LogP contribution is 2.27. The molecule has 1 aromatic rings. The number of carbonyl (C=O) groups excluding carboxylic acids is 2. The van der Waals surface area contributed by atoms with Crippen LogP contribution in [-0.2, 0) is 26.1 Å². The van der Waals surface area contributed by atoms with Gasteiger partial charge in [-0.15, -0.1) is 0 Å². The van der Waals surface area contributed by atoms with Gasteiger partial charge in [0.2, 0.25) is 15.9 Å². The smallest absolute Gasteiger partial charge is 0.341 e. The summed E-state index contributed by atoms with van der Waals surface area (Å²) in [6.45, 7) is 8.53. The molecule has 1 aliphatic heterocycles. The van der Waals surface area contributed by atoms with Crippen molar-refractivity contribution in [2.75, 3.05) is 26.2 Å². The first-order chi connectivity index (χ1) is 12.2. The van der Waals surface area contributed by atoms with Crippen molar-refractivity contribution in [1.82, 2.24) is 14.2 Å². The maximum atomic E-state index is 12.9. The number of amides is 1. The largest absolute Gasteiger partial charge is 0.462 e. The van der Waals surface area contributed by atoms with Crippen molar-refractivity contribution in [3.63, 3.8) is 0 Å². The molecule has 0 radical (unpaired) electrons. The highest BCUT2D eigenvalue weighted by Gasteiger charge is 2.32. The summed E-state index contributed by atoms with van der Waals surface area (Å²) in [5.41, 5.74) is 1.02. The molecule has 0 bridgehead atoms.